The lowest BCUT2D eigenvalue weighted by atomic mass is 9.58. The summed E-state index contributed by atoms with van der Waals surface area (Å²) in [6.07, 6.45) is 7.24. The Labute approximate surface area is 133 Å². The van der Waals surface area contributed by atoms with Gasteiger partial charge in [0, 0.05) is 31.5 Å². The van der Waals surface area contributed by atoms with Crippen LogP contribution in [-0.4, -0.2) is 53.4 Å². The quantitative estimate of drug-likeness (QED) is 0.827. The number of carbonyl (C=O) groups excluding carboxylic acids is 1. The molecule has 2 unspecified atom stereocenters. The number of hydrogen-bond donors (Lipinski definition) is 2. The fourth-order valence-electron chi connectivity index (χ4n) is 4.65. The third kappa shape index (κ3) is 2.57. The number of nitrogens with two attached hydrogens (primary N) is 1. The summed E-state index contributed by atoms with van der Waals surface area (Å²) in [5, 5.41) is 10.2. The van der Waals surface area contributed by atoms with Crippen molar-refractivity contribution in [3.8, 4) is 0 Å². The molecule has 5 nitrogen and oxygen atoms in total. The van der Waals surface area contributed by atoms with Gasteiger partial charge < -0.3 is 20.5 Å². The first kappa shape index (κ1) is 16.2. The van der Waals surface area contributed by atoms with E-state index in [2.05, 4.69) is 0 Å². The number of hydrogen-bond acceptors (Lipinski definition) is 4. The van der Waals surface area contributed by atoms with Gasteiger partial charge in [0.2, 0.25) is 5.91 Å². The van der Waals surface area contributed by atoms with E-state index in [9.17, 15) is 9.90 Å². The molecule has 1 amide bonds. The summed E-state index contributed by atoms with van der Waals surface area (Å²) in [6.45, 7) is 4.10. The molecule has 126 valence electrons. The summed E-state index contributed by atoms with van der Waals surface area (Å²) in [5.41, 5.74) is 5.62. The fourth-order valence-corrected chi connectivity index (χ4v) is 4.65. The number of rotatable bonds is 3. The molecule has 0 bridgehead atoms. The zero-order valence-corrected chi connectivity index (χ0v) is 13.7. The van der Waals surface area contributed by atoms with E-state index in [4.69, 9.17) is 10.5 Å². The van der Waals surface area contributed by atoms with Crippen LogP contribution >= 0.6 is 0 Å². The first-order valence-electron chi connectivity index (χ1n) is 8.90. The molecule has 3 rings (SSSR count). The highest BCUT2D eigenvalue weighted by atomic mass is 16.5. The van der Waals surface area contributed by atoms with Gasteiger partial charge in [0.25, 0.3) is 0 Å². The number of aliphatic hydroxyl groups excluding tert-OH is 1. The van der Waals surface area contributed by atoms with Gasteiger partial charge in [-0.05, 0) is 32.6 Å². The van der Waals surface area contributed by atoms with Crippen LogP contribution in [-0.2, 0) is 9.53 Å². The van der Waals surface area contributed by atoms with Crippen molar-refractivity contribution in [3.05, 3.63) is 0 Å². The zero-order chi connectivity index (χ0) is 15.8. The maximum atomic E-state index is 12.8. The molecule has 3 fully saturated rings. The Bertz CT molecular complexity index is 410. The maximum absolute atomic E-state index is 12.8. The highest BCUT2D eigenvalue weighted by Crippen LogP contribution is 2.51. The molecule has 3 N–H and O–H groups in total. The lowest BCUT2D eigenvalue weighted by Gasteiger charge is -2.57. The molecular weight excluding hydrogens is 280 g/mol. The highest BCUT2D eigenvalue weighted by molar-refractivity contribution is 5.86. The van der Waals surface area contributed by atoms with Gasteiger partial charge in [0.15, 0.2) is 0 Å². The highest BCUT2D eigenvalue weighted by Gasteiger charge is 2.56. The van der Waals surface area contributed by atoms with E-state index < -0.39 is 5.54 Å². The van der Waals surface area contributed by atoms with Crippen LogP contribution < -0.4 is 5.73 Å². The SMILES string of the molecule is CCOC1CC(O)C12CCN(C(=O)C1(N)CCCCC1)CC2. The molecule has 1 aliphatic heterocycles. The van der Waals surface area contributed by atoms with Gasteiger partial charge in [-0.25, -0.2) is 0 Å². The van der Waals surface area contributed by atoms with E-state index in [1.54, 1.807) is 0 Å². The molecule has 2 aliphatic carbocycles. The minimum atomic E-state index is -0.639. The number of amides is 1. The van der Waals surface area contributed by atoms with Crippen molar-refractivity contribution in [1.82, 2.24) is 4.90 Å². The average Bonchev–Trinajstić information content (AvgIpc) is 2.55. The van der Waals surface area contributed by atoms with E-state index in [0.29, 0.717) is 19.7 Å². The van der Waals surface area contributed by atoms with Gasteiger partial charge in [0.1, 0.15) is 0 Å². The van der Waals surface area contributed by atoms with Crippen LogP contribution in [0.2, 0.25) is 0 Å². The third-order valence-electron chi connectivity index (χ3n) is 6.26. The van der Waals surface area contributed by atoms with E-state index in [1.807, 2.05) is 11.8 Å². The van der Waals surface area contributed by atoms with Gasteiger partial charge in [-0.3, -0.25) is 4.79 Å². The van der Waals surface area contributed by atoms with Crippen LogP contribution in [0.4, 0.5) is 0 Å². The first-order chi connectivity index (χ1) is 10.5. The number of carbonyl (C=O) groups is 1. The van der Waals surface area contributed by atoms with Crippen molar-refractivity contribution in [1.29, 1.82) is 0 Å². The van der Waals surface area contributed by atoms with Crippen molar-refractivity contribution >= 4 is 5.91 Å². The number of likely N-dealkylation sites (tertiary alicyclic amines) is 1. The van der Waals surface area contributed by atoms with Crippen LogP contribution in [0.1, 0.15) is 58.3 Å². The minimum absolute atomic E-state index is 0.124. The summed E-state index contributed by atoms with van der Waals surface area (Å²) in [6, 6.07) is 0. The molecule has 2 saturated carbocycles. The Morgan fingerprint density at radius 2 is 1.86 bits per heavy atom. The molecule has 3 aliphatic rings. The Hall–Kier alpha value is -0.650. The van der Waals surface area contributed by atoms with E-state index in [1.165, 1.54) is 6.42 Å². The second kappa shape index (κ2) is 6.10. The molecular formula is C17H30N2O3. The van der Waals surface area contributed by atoms with Gasteiger partial charge in [-0.2, -0.15) is 0 Å². The first-order valence-corrected chi connectivity index (χ1v) is 8.90. The summed E-state index contributed by atoms with van der Waals surface area (Å²) in [5.74, 6) is 0.129. The monoisotopic (exact) mass is 310 g/mol. The molecule has 22 heavy (non-hydrogen) atoms. The van der Waals surface area contributed by atoms with Crippen LogP contribution in [0.3, 0.4) is 0 Å². The average molecular weight is 310 g/mol. The van der Waals surface area contributed by atoms with Crippen LogP contribution in [0.15, 0.2) is 0 Å². The van der Waals surface area contributed by atoms with Gasteiger partial charge >= 0.3 is 0 Å². The molecule has 5 heteroatoms. The largest absolute Gasteiger partial charge is 0.392 e. The Morgan fingerprint density at radius 1 is 1.23 bits per heavy atom. The Balaban J connectivity index is 1.60. The summed E-state index contributed by atoms with van der Waals surface area (Å²) < 4.78 is 5.79. The van der Waals surface area contributed by atoms with Crippen molar-refractivity contribution in [2.75, 3.05) is 19.7 Å². The third-order valence-corrected chi connectivity index (χ3v) is 6.26. The van der Waals surface area contributed by atoms with Crippen molar-refractivity contribution in [2.24, 2.45) is 11.1 Å². The standard InChI is InChI=1S/C17H30N2O3/c1-2-22-14-12-13(20)16(14)8-10-19(11-9-16)15(21)17(18)6-4-3-5-7-17/h13-14,20H,2-12,18H2,1H3. The molecule has 0 aromatic rings. The van der Waals surface area contributed by atoms with Crippen LogP contribution in [0.5, 0.6) is 0 Å². The minimum Gasteiger partial charge on any atom is -0.392 e. The van der Waals surface area contributed by atoms with Crippen LogP contribution in [0, 0.1) is 5.41 Å². The fraction of sp³-hybridized carbons (Fsp3) is 0.941. The second-order valence-electron chi connectivity index (χ2n) is 7.44. The van der Waals surface area contributed by atoms with Crippen molar-refractivity contribution in [3.63, 3.8) is 0 Å². The predicted molar refractivity (Wildman–Crippen MR) is 84.3 cm³/mol. The molecule has 1 heterocycles. The molecule has 0 radical (unpaired) electrons. The molecule has 0 aromatic carbocycles. The predicted octanol–water partition coefficient (Wildman–Crippen LogP) is 1.43. The molecule has 1 saturated heterocycles. The lowest BCUT2D eigenvalue weighted by molar-refractivity contribution is -0.210. The summed E-state index contributed by atoms with van der Waals surface area (Å²) in [4.78, 5) is 14.7. The Kier molecular flexibility index (Phi) is 4.49. The number of nitrogens with zero attached hydrogens (tertiary/aromatic N) is 1. The van der Waals surface area contributed by atoms with E-state index >= 15 is 0 Å². The number of aliphatic hydroxyl groups is 1. The normalized spacial score (nSPS) is 33.5. The van der Waals surface area contributed by atoms with Gasteiger partial charge in [0.05, 0.1) is 17.7 Å². The summed E-state index contributed by atoms with van der Waals surface area (Å²) >= 11 is 0. The topological polar surface area (TPSA) is 75.8 Å². The zero-order valence-electron chi connectivity index (χ0n) is 13.7. The summed E-state index contributed by atoms with van der Waals surface area (Å²) in [7, 11) is 0. The molecule has 1 spiro atoms. The van der Waals surface area contributed by atoms with Crippen LogP contribution in [0.25, 0.3) is 0 Å². The van der Waals surface area contributed by atoms with Crippen molar-refractivity contribution < 1.29 is 14.6 Å². The molecule has 2 atom stereocenters. The molecule has 0 aromatic heterocycles. The number of ether oxygens (including phenoxy) is 1. The van der Waals surface area contributed by atoms with Gasteiger partial charge in [-0.1, -0.05) is 19.3 Å². The van der Waals surface area contributed by atoms with E-state index in [0.717, 1.165) is 44.9 Å². The van der Waals surface area contributed by atoms with Crippen molar-refractivity contribution in [2.45, 2.75) is 76.0 Å². The number of piperidine rings is 1. The maximum Gasteiger partial charge on any atom is 0.242 e. The smallest absolute Gasteiger partial charge is 0.242 e. The second-order valence-corrected chi connectivity index (χ2v) is 7.44. The van der Waals surface area contributed by atoms with E-state index in [-0.39, 0.29) is 23.5 Å². The van der Waals surface area contributed by atoms with Gasteiger partial charge in [-0.15, -0.1) is 0 Å². The Morgan fingerprint density at radius 3 is 2.41 bits per heavy atom. The lowest BCUT2D eigenvalue weighted by Crippen LogP contribution is -2.65.